The predicted octanol–water partition coefficient (Wildman–Crippen LogP) is 2.40. The molecule has 0 aliphatic heterocycles. The minimum atomic E-state index is -1.15. The Bertz CT molecular complexity index is 613. The first-order chi connectivity index (χ1) is 9.08. The van der Waals surface area contributed by atoms with Crippen LogP contribution < -0.4 is 0 Å². The molecule has 0 aliphatic rings. The van der Waals surface area contributed by atoms with Crippen molar-refractivity contribution in [3.63, 3.8) is 0 Å². The lowest BCUT2D eigenvalue weighted by Gasteiger charge is -2.14. The zero-order valence-corrected chi connectivity index (χ0v) is 10.5. The van der Waals surface area contributed by atoms with E-state index in [9.17, 15) is 9.59 Å². The molecule has 0 radical (unpaired) electrons. The van der Waals surface area contributed by atoms with Crippen LogP contribution in [0, 0.1) is 0 Å². The number of carboxylic acids is 1. The number of carboxylic acid groups (broad SMARTS) is 1. The summed E-state index contributed by atoms with van der Waals surface area (Å²) >= 11 is 0. The third-order valence-corrected chi connectivity index (χ3v) is 2.87. The van der Waals surface area contributed by atoms with E-state index in [2.05, 4.69) is 0 Å². The minimum absolute atomic E-state index is 0.163. The average Bonchev–Trinajstić information content (AvgIpc) is 2.37. The highest BCUT2D eigenvalue weighted by Crippen LogP contribution is 2.20. The van der Waals surface area contributed by atoms with Gasteiger partial charge in [0.1, 0.15) is 0 Å². The molecule has 4 heteroatoms. The van der Waals surface area contributed by atoms with Crippen LogP contribution in [-0.2, 0) is 20.7 Å². The van der Waals surface area contributed by atoms with Gasteiger partial charge in [0.2, 0.25) is 6.10 Å². The SMILES string of the molecule is CC(=O)OC(Cc1cccc2ccccc12)C(=O)O. The van der Waals surface area contributed by atoms with Gasteiger partial charge in [-0.15, -0.1) is 0 Å². The molecule has 19 heavy (non-hydrogen) atoms. The number of hydrogen-bond acceptors (Lipinski definition) is 3. The number of carbonyl (C=O) groups excluding carboxylic acids is 1. The molecule has 0 amide bonds. The van der Waals surface area contributed by atoms with E-state index in [1.54, 1.807) is 0 Å². The van der Waals surface area contributed by atoms with Crippen molar-refractivity contribution >= 4 is 22.7 Å². The number of carbonyl (C=O) groups is 2. The average molecular weight is 258 g/mol. The second kappa shape index (κ2) is 5.52. The van der Waals surface area contributed by atoms with E-state index in [1.807, 2.05) is 42.5 Å². The maximum Gasteiger partial charge on any atom is 0.345 e. The molecule has 0 bridgehead atoms. The summed E-state index contributed by atoms with van der Waals surface area (Å²) in [4.78, 5) is 22.0. The van der Waals surface area contributed by atoms with E-state index in [-0.39, 0.29) is 6.42 Å². The number of benzene rings is 2. The van der Waals surface area contributed by atoms with Gasteiger partial charge >= 0.3 is 11.9 Å². The number of ether oxygens (including phenoxy) is 1. The molecule has 4 nitrogen and oxygen atoms in total. The lowest BCUT2D eigenvalue weighted by atomic mass is 10.00. The van der Waals surface area contributed by atoms with E-state index in [1.165, 1.54) is 6.92 Å². The van der Waals surface area contributed by atoms with Gasteiger partial charge in [-0.2, -0.15) is 0 Å². The van der Waals surface area contributed by atoms with Crippen LogP contribution in [0.2, 0.25) is 0 Å². The standard InChI is InChI=1S/C15H14O4/c1-10(16)19-14(15(17)18)9-12-7-4-6-11-5-2-3-8-13(11)12/h2-8,14H,9H2,1H3,(H,17,18). The molecule has 98 valence electrons. The summed E-state index contributed by atoms with van der Waals surface area (Å²) in [5.41, 5.74) is 0.853. The third kappa shape index (κ3) is 3.10. The molecule has 0 saturated carbocycles. The topological polar surface area (TPSA) is 63.6 Å². The fraction of sp³-hybridized carbons (Fsp3) is 0.200. The molecule has 0 spiro atoms. The highest BCUT2D eigenvalue weighted by molar-refractivity contribution is 5.86. The van der Waals surface area contributed by atoms with Gasteiger partial charge in [-0.05, 0) is 16.3 Å². The fourth-order valence-corrected chi connectivity index (χ4v) is 2.05. The number of fused-ring (bicyclic) bond motifs is 1. The van der Waals surface area contributed by atoms with Crippen molar-refractivity contribution in [2.45, 2.75) is 19.4 Å². The van der Waals surface area contributed by atoms with Crippen LogP contribution in [0.3, 0.4) is 0 Å². The number of aliphatic carboxylic acids is 1. The summed E-state index contributed by atoms with van der Waals surface area (Å²) in [6, 6.07) is 13.4. The largest absolute Gasteiger partial charge is 0.478 e. The van der Waals surface area contributed by atoms with Gasteiger partial charge in [-0.1, -0.05) is 42.5 Å². The first-order valence-electron chi connectivity index (χ1n) is 5.94. The van der Waals surface area contributed by atoms with E-state index >= 15 is 0 Å². The van der Waals surface area contributed by atoms with Gasteiger partial charge in [-0.25, -0.2) is 4.79 Å². The lowest BCUT2D eigenvalue weighted by Crippen LogP contribution is -2.28. The van der Waals surface area contributed by atoms with Gasteiger partial charge in [0.05, 0.1) is 0 Å². The molecule has 0 fully saturated rings. The van der Waals surface area contributed by atoms with Crippen LogP contribution >= 0.6 is 0 Å². The molecule has 1 N–H and O–H groups in total. The lowest BCUT2D eigenvalue weighted by molar-refractivity contribution is -0.162. The molecule has 0 saturated heterocycles. The van der Waals surface area contributed by atoms with E-state index < -0.39 is 18.0 Å². The van der Waals surface area contributed by atoms with Crippen LogP contribution in [-0.4, -0.2) is 23.1 Å². The summed E-state index contributed by atoms with van der Waals surface area (Å²) in [7, 11) is 0. The van der Waals surface area contributed by atoms with E-state index in [4.69, 9.17) is 9.84 Å². The second-order valence-electron chi connectivity index (χ2n) is 4.28. The number of rotatable bonds is 4. The Morgan fingerprint density at radius 1 is 1.16 bits per heavy atom. The van der Waals surface area contributed by atoms with E-state index in [0.29, 0.717) is 0 Å². The molecular formula is C15H14O4. The first kappa shape index (κ1) is 13.1. The van der Waals surface area contributed by atoms with Crippen molar-refractivity contribution in [3.05, 3.63) is 48.0 Å². The van der Waals surface area contributed by atoms with Crippen LogP contribution in [0.25, 0.3) is 10.8 Å². The molecule has 1 unspecified atom stereocenters. The Kier molecular flexibility index (Phi) is 3.80. The van der Waals surface area contributed by atoms with Gasteiger partial charge < -0.3 is 9.84 Å². The Labute approximate surface area is 110 Å². The maximum atomic E-state index is 11.1. The summed E-state index contributed by atoms with van der Waals surface area (Å²) in [6.45, 7) is 1.21. The summed E-state index contributed by atoms with van der Waals surface area (Å²) in [6.07, 6.45) is -0.987. The molecule has 0 aromatic heterocycles. The van der Waals surface area contributed by atoms with Crippen molar-refractivity contribution in [1.82, 2.24) is 0 Å². The quantitative estimate of drug-likeness (QED) is 0.855. The van der Waals surface area contributed by atoms with Crippen LogP contribution in [0.5, 0.6) is 0 Å². The normalized spacial score (nSPS) is 12.1. The Morgan fingerprint density at radius 2 is 1.84 bits per heavy atom. The smallest absolute Gasteiger partial charge is 0.345 e. The zero-order chi connectivity index (χ0) is 13.8. The molecule has 2 rings (SSSR count). The molecule has 0 aliphatic carbocycles. The monoisotopic (exact) mass is 258 g/mol. The molecule has 0 heterocycles. The van der Waals surface area contributed by atoms with Gasteiger partial charge in [0, 0.05) is 13.3 Å². The Morgan fingerprint density at radius 3 is 2.53 bits per heavy atom. The zero-order valence-electron chi connectivity index (χ0n) is 10.5. The highest BCUT2D eigenvalue weighted by atomic mass is 16.6. The van der Waals surface area contributed by atoms with Crippen LogP contribution in [0.4, 0.5) is 0 Å². The van der Waals surface area contributed by atoms with Crippen molar-refractivity contribution in [2.75, 3.05) is 0 Å². The highest BCUT2D eigenvalue weighted by Gasteiger charge is 2.21. The van der Waals surface area contributed by atoms with E-state index in [0.717, 1.165) is 16.3 Å². The van der Waals surface area contributed by atoms with Gasteiger partial charge in [0.15, 0.2) is 0 Å². The minimum Gasteiger partial charge on any atom is -0.478 e. The van der Waals surface area contributed by atoms with Crippen LogP contribution in [0.1, 0.15) is 12.5 Å². The predicted molar refractivity (Wildman–Crippen MR) is 70.8 cm³/mol. The van der Waals surface area contributed by atoms with Crippen molar-refractivity contribution in [2.24, 2.45) is 0 Å². The molecule has 1 atom stereocenters. The summed E-state index contributed by atoms with van der Waals surface area (Å²) in [5, 5.41) is 11.1. The van der Waals surface area contributed by atoms with Gasteiger partial charge in [0.25, 0.3) is 0 Å². The molecule has 2 aromatic carbocycles. The Hall–Kier alpha value is -2.36. The van der Waals surface area contributed by atoms with Crippen molar-refractivity contribution < 1.29 is 19.4 Å². The van der Waals surface area contributed by atoms with Crippen molar-refractivity contribution in [3.8, 4) is 0 Å². The van der Waals surface area contributed by atoms with Gasteiger partial charge in [-0.3, -0.25) is 4.79 Å². The molecular weight excluding hydrogens is 244 g/mol. The number of hydrogen-bond donors (Lipinski definition) is 1. The summed E-state index contributed by atoms with van der Waals surface area (Å²) < 4.78 is 4.83. The Balaban J connectivity index is 2.33. The molecule has 2 aromatic rings. The van der Waals surface area contributed by atoms with Crippen molar-refractivity contribution in [1.29, 1.82) is 0 Å². The van der Waals surface area contributed by atoms with Crippen LogP contribution in [0.15, 0.2) is 42.5 Å². The number of esters is 1. The second-order valence-corrected chi connectivity index (χ2v) is 4.28. The first-order valence-corrected chi connectivity index (χ1v) is 5.94. The third-order valence-electron chi connectivity index (χ3n) is 2.87. The summed E-state index contributed by atoms with van der Waals surface area (Å²) in [5.74, 6) is -1.73. The maximum absolute atomic E-state index is 11.1. The fourth-order valence-electron chi connectivity index (χ4n) is 2.05.